The van der Waals surface area contributed by atoms with Gasteiger partial charge in [-0.15, -0.1) is 5.10 Å². The van der Waals surface area contributed by atoms with E-state index >= 15 is 0 Å². The molecule has 0 amide bonds. The fourth-order valence-electron chi connectivity index (χ4n) is 0.938. The van der Waals surface area contributed by atoms with Gasteiger partial charge in [-0.1, -0.05) is 12.1 Å². The van der Waals surface area contributed by atoms with E-state index in [2.05, 4.69) is 10.2 Å². The molecule has 0 unspecified atom stereocenters. The fraction of sp³-hybridized carbons (Fsp3) is 0.111. The number of hydrogen-bond acceptors (Lipinski definition) is 3. The highest BCUT2D eigenvalue weighted by Crippen LogP contribution is 2.28. The summed E-state index contributed by atoms with van der Waals surface area (Å²) >= 11 is 0. The van der Waals surface area contributed by atoms with Gasteiger partial charge in [-0.2, -0.15) is 18.3 Å². The largest absolute Gasteiger partial charge is 0.416 e. The molecule has 0 aliphatic carbocycles. The number of hydrogen-bond donors (Lipinski definition) is 3. The lowest BCUT2D eigenvalue weighted by Gasteiger charge is -2.05. The molecule has 0 atom stereocenters. The van der Waals surface area contributed by atoms with Crippen LogP contribution in [-0.4, -0.2) is 17.4 Å². The molecular weight excluding hydrogens is 237 g/mol. The Hall–Kier alpha value is -2.09. The van der Waals surface area contributed by atoms with Gasteiger partial charge < -0.3 is 5.73 Å². The Bertz CT molecular complexity index is 425. The van der Waals surface area contributed by atoms with Crippen LogP contribution < -0.4 is 11.2 Å². The van der Waals surface area contributed by atoms with Crippen molar-refractivity contribution in [2.24, 2.45) is 15.9 Å². The first-order chi connectivity index (χ1) is 7.93. The topological polar surface area (TPSA) is 83.0 Å². The van der Waals surface area contributed by atoms with Crippen molar-refractivity contribution >= 4 is 12.2 Å². The molecule has 1 aromatic carbocycles. The molecular formula is C9H9F3N4O. The third-order valence-corrected chi connectivity index (χ3v) is 1.72. The normalized spacial score (nSPS) is 13.1. The van der Waals surface area contributed by atoms with Crippen LogP contribution in [0.4, 0.5) is 13.2 Å². The van der Waals surface area contributed by atoms with Gasteiger partial charge in [0.05, 0.1) is 11.8 Å². The van der Waals surface area contributed by atoms with Crippen LogP contribution in [0.3, 0.4) is 0 Å². The van der Waals surface area contributed by atoms with Crippen molar-refractivity contribution in [1.82, 2.24) is 5.48 Å². The highest BCUT2D eigenvalue weighted by Gasteiger charge is 2.29. The maximum absolute atomic E-state index is 12.2. The summed E-state index contributed by atoms with van der Waals surface area (Å²) < 4.78 is 36.6. The lowest BCUT2D eigenvalue weighted by atomic mass is 10.1. The molecule has 0 saturated carbocycles. The highest BCUT2D eigenvalue weighted by molar-refractivity contribution is 5.81. The van der Waals surface area contributed by atoms with Crippen molar-refractivity contribution in [3.05, 3.63) is 35.4 Å². The minimum atomic E-state index is -4.36. The third-order valence-electron chi connectivity index (χ3n) is 1.72. The summed E-state index contributed by atoms with van der Waals surface area (Å²) in [4.78, 5) is 0. The summed E-state index contributed by atoms with van der Waals surface area (Å²) in [5.74, 6) is -0.326. The van der Waals surface area contributed by atoms with E-state index in [1.54, 1.807) is 5.48 Å². The predicted molar refractivity (Wildman–Crippen MR) is 55.6 cm³/mol. The molecule has 5 nitrogen and oxygen atoms in total. The molecule has 0 aliphatic rings. The average Bonchev–Trinajstić information content (AvgIpc) is 2.28. The van der Waals surface area contributed by atoms with Crippen molar-refractivity contribution in [1.29, 1.82) is 0 Å². The van der Waals surface area contributed by atoms with Gasteiger partial charge in [-0.25, -0.2) is 5.48 Å². The van der Waals surface area contributed by atoms with E-state index in [0.29, 0.717) is 5.56 Å². The first-order valence-electron chi connectivity index (χ1n) is 4.37. The second-order valence-corrected chi connectivity index (χ2v) is 2.96. The molecule has 0 spiro atoms. The number of guanidine groups is 1. The van der Waals surface area contributed by atoms with Gasteiger partial charge in [0.25, 0.3) is 0 Å². The van der Waals surface area contributed by atoms with Gasteiger partial charge in [0.15, 0.2) is 0 Å². The van der Waals surface area contributed by atoms with Crippen molar-refractivity contribution < 1.29 is 18.4 Å². The van der Waals surface area contributed by atoms with Crippen LogP contribution in [0.2, 0.25) is 0 Å². The van der Waals surface area contributed by atoms with Crippen LogP contribution in [0.25, 0.3) is 0 Å². The first kappa shape index (κ1) is 13.0. The molecule has 1 aromatic rings. The van der Waals surface area contributed by atoms with E-state index in [0.717, 1.165) is 12.1 Å². The van der Waals surface area contributed by atoms with Crippen LogP contribution in [0, 0.1) is 0 Å². The number of halogens is 3. The standard InChI is InChI=1S/C9H9F3N4O/c10-9(11,12)7-3-1-6(2-4-7)5-14-15-8(13)16-17/h1-5,17H,(H3,13,15,16)/b14-5+. The monoisotopic (exact) mass is 246 g/mol. The average molecular weight is 246 g/mol. The van der Waals surface area contributed by atoms with Crippen molar-refractivity contribution in [3.8, 4) is 0 Å². The Morgan fingerprint density at radius 2 is 1.88 bits per heavy atom. The zero-order chi connectivity index (χ0) is 12.9. The third kappa shape index (κ3) is 4.11. The maximum atomic E-state index is 12.2. The van der Waals surface area contributed by atoms with Crippen LogP contribution >= 0.6 is 0 Å². The zero-order valence-corrected chi connectivity index (χ0v) is 8.44. The van der Waals surface area contributed by atoms with Crippen molar-refractivity contribution in [2.45, 2.75) is 6.18 Å². The Morgan fingerprint density at radius 3 is 2.35 bits per heavy atom. The predicted octanol–water partition coefficient (Wildman–Crippen LogP) is 1.33. The van der Waals surface area contributed by atoms with Gasteiger partial charge in [0, 0.05) is 0 Å². The van der Waals surface area contributed by atoms with E-state index in [4.69, 9.17) is 10.9 Å². The van der Waals surface area contributed by atoms with E-state index in [1.165, 1.54) is 18.3 Å². The summed E-state index contributed by atoms with van der Waals surface area (Å²) in [5.41, 5.74) is 6.27. The molecule has 0 bridgehead atoms. The fourth-order valence-corrected chi connectivity index (χ4v) is 0.938. The Kier molecular flexibility index (Phi) is 4.05. The van der Waals surface area contributed by atoms with Crippen LogP contribution in [0.5, 0.6) is 0 Å². The Balaban J connectivity index is 2.76. The van der Waals surface area contributed by atoms with Gasteiger partial charge in [0.1, 0.15) is 0 Å². The number of nitrogens with two attached hydrogens (primary N) is 1. The molecule has 0 fully saturated rings. The second kappa shape index (κ2) is 5.30. The molecule has 0 aromatic heterocycles. The van der Waals surface area contributed by atoms with Gasteiger partial charge in [-0.3, -0.25) is 5.21 Å². The molecule has 92 valence electrons. The molecule has 8 heteroatoms. The zero-order valence-electron chi connectivity index (χ0n) is 8.44. The number of nitrogens with zero attached hydrogens (tertiary/aromatic N) is 2. The minimum absolute atomic E-state index is 0.326. The summed E-state index contributed by atoms with van der Waals surface area (Å²) in [6, 6.07) is 4.34. The van der Waals surface area contributed by atoms with Crippen LogP contribution in [-0.2, 0) is 6.18 Å². The molecule has 1 rings (SSSR count). The molecule has 0 radical (unpaired) electrons. The van der Waals surface area contributed by atoms with E-state index < -0.39 is 11.7 Å². The number of hydroxylamine groups is 1. The lowest BCUT2D eigenvalue weighted by Crippen LogP contribution is -2.27. The summed E-state index contributed by atoms with van der Waals surface area (Å²) in [5, 5.41) is 15.0. The van der Waals surface area contributed by atoms with Crippen LogP contribution in [0.1, 0.15) is 11.1 Å². The number of rotatable bonds is 2. The second-order valence-electron chi connectivity index (χ2n) is 2.96. The summed E-state index contributed by atoms with van der Waals surface area (Å²) in [6.07, 6.45) is -3.16. The number of nitrogens with one attached hydrogen (secondary N) is 1. The quantitative estimate of drug-likeness (QED) is 0.418. The van der Waals surface area contributed by atoms with Gasteiger partial charge in [0.2, 0.25) is 5.96 Å². The van der Waals surface area contributed by atoms with E-state index in [9.17, 15) is 13.2 Å². The Morgan fingerprint density at radius 1 is 1.29 bits per heavy atom. The highest BCUT2D eigenvalue weighted by atomic mass is 19.4. The smallest absolute Gasteiger partial charge is 0.367 e. The van der Waals surface area contributed by atoms with E-state index in [-0.39, 0.29) is 5.96 Å². The first-order valence-corrected chi connectivity index (χ1v) is 4.37. The molecule has 0 saturated heterocycles. The van der Waals surface area contributed by atoms with Gasteiger partial charge >= 0.3 is 6.18 Å². The summed E-state index contributed by atoms with van der Waals surface area (Å²) in [7, 11) is 0. The van der Waals surface area contributed by atoms with Crippen molar-refractivity contribution in [3.63, 3.8) is 0 Å². The Labute approximate surface area is 94.4 Å². The molecule has 17 heavy (non-hydrogen) atoms. The molecule has 0 aliphatic heterocycles. The minimum Gasteiger partial charge on any atom is -0.367 e. The number of benzene rings is 1. The lowest BCUT2D eigenvalue weighted by molar-refractivity contribution is -0.137. The van der Waals surface area contributed by atoms with E-state index in [1.807, 2.05) is 0 Å². The summed E-state index contributed by atoms with van der Waals surface area (Å²) in [6.45, 7) is 0. The number of alkyl halides is 3. The molecule has 0 heterocycles. The van der Waals surface area contributed by atoms with Gasteiger partial charge in [-0.05, 0) is 17.7 Å². The van der Waals surface area contributed by atoms with Crippen molar-refractivity contribution in [2.75, 3.05) is 0 Å². The maximum Gasteiger partial charge on any atom is 0.416 e. The SMILES string of the molecule is N/C(=N/N=C/c1ccc(C(F)(F)F)cc1)NO. The van der Waals surface area contributed by atoms with Crippen LogP contribution in [0.15, 0.2) is 34.5 Å². The molecule has 4 N–H and O–H groups in total.